The van der Waals surface area contributed by atoms with E-state index >= 15 is 0 Å². The number of nitrogens with two attached hydrogens (primary N) is 1. The third-order valence-electron chi connectivity index (χ3n) is 2.20. The average Bonchev–Trinajstić information content (AvgIpc) is 2.41. The maximum Gasteiger partial charge on any atom is 0.416 e. The van der Waals surface area contributed by atoms with Crippen molar-refractivity contribution < 1.29 is 13.2 Å². The number of halogens is 3. The van der Waals surface area contributed by atoms with Crippen molar-refractivity contribution >= 4 is 17.1 Å². The molecule has 1 aliphatic heterocycles. The zero-order valence-corrected chi connectivity index (χ0v) is 7.60. The van der Waals surface area contributed by atoms with Gasteiger partial charge in [-0.2, -0.15) is 13.2 Å². The van der Waals surface area contributed by atoms with E-state index < -0.39 is 11.7 Å². The summed E-state index contributed by atoms with van der Waals surface area (Å²) >= 11 is 0. The molecular formula is C10H7F3N2. The summed E-state index contributed by atoms with van der Waals surface area (Å²) < 4.78 is 37.1. The molecule has 0 amide bonds. The quantitative estimate of drug-likeness (QED) is 0.705. The topological polar surface area (TPSA) is 38.4 Å². The van der Waals surface area contributed by atoms with Crippen LogP contribution in [-0.4, -0.2) is 5.84 Å². The minimum Gasteiger partial charge on any atom is -0.383 e. The maximum atomic E-state index is 12.4. The fourth-order valence-corrected chi connectivity index (χ4v) is 1.39. The molecular weight excluding hydrogens is 205 g/mol. The van der Waals surface area contributed by atoms with Gasteiger partial charge in [-0.25, -0.2) is 4.99 Å². The Labute approximate surface area is 83.9 Å². The Morgan fingerprint density at radius 2 is 1.93 bits per heavy atom. The first-order chi connectivity index (χ1) is 6.89. The van der Waals surface area contributed by atoms with Crippen molar-refractivity contribution in [3.05, 3.63) is 35.9 Å². The van der Waals surface area contributed by atoms with Crippen LogP contribution in [0.3, 0.4) is 0 Å². The van der Waals surface area contributed by atoms with E-state index in [0.29, 0.717) is 16.8 Å². The number of hydrogen-bond donors (Lipinski definition) is 1. The van der Waals surface area contributed by atoms with Gasteiger partial charge in [0.2, 0.25) is 0 Å². The summed E-state index contributed by atoms with van der Waals surface area (Å²) in [5.74, 6) is 0.171. The number of hydrogen-bond acceptors (Lipinski definition) is 2. The van der Waals surface area contributed by atoms with E-state index in [1.807, 2.05) is 0 Å². The largest absolute Gasteiger partial charge is 0.416 e. The van der Waals surface area contributed by atoms with Crippen molar-refractivity contribution in [3.8, 4) is 0 Å². The Hall–Kier alpha value is -1.78. The van der Waals surface area contributed by atoms with Crippen molar-refractivity contribution in [2.24, 2.45) is 10.7 Å². The van der Waals surface area contributed by atoms with Crippen LogP contribution in [-0.2, 0) is 6.18 Å². The van der Waals surface area contributed by atoms with Crippen LogP contribution >= 0.6 is 0 Å². The third kappa shape index (κ3) is 1.49. The van der Waals surface area contributed by atoms with Crippen molar-refractivity contribution in [3.63, 3.8) is 0 Å². The highest BCUT2D eigenvalue weighted by Gasteiger charge is 2.32. The van der Waals surface area contributed by atoms with Gasteiger partial charge in [0.1, 0.15) is 5.84 Å². The number of benzene rings is 1. The van der Waals surface area contributed by atoms with Crippen LogP contribution in [0.25, 0.3) is 5.57 Å². The average molecular weight is 212 g/mol. The normalized spacial score (nSPS) is 15.1. The highest BCUT2D eigenvalue weighted by molar-refractivity contribution is 6.26. The van der Waals surface area contributed by atoms with E-state index in [4.69, 9.17) is 5.73 Å². The van der Waals surface area contributed by atoms with Crippen LogP contribution in [0, 0.1) is 0 Å². The summed E-state index contributed by atoms with van der Waals surface area (Å²) in [6.45, 7) is 3.58. The van der Waals surface area contributed by atoms with Gasteiger partial charge in [0, 0.05) is 11.1 Å². The van der Waals surface area contributed by atoms with Gasteiger partial charge in [-0.05, 0) is 18.2 Å². The molecule has 2 N–H and O–H groups in total. The number of aliphatic imine (C=N–C) groups is 1. The Kier molecular flexibility index (Phi) is 1.86. The molecule has 2 rings (SSSR count). The van der Waals surface area contributed by atoms with Gasteiger partial charge in [-0.3, -0.25) is 0 Å². The van der Waals surface area contributed by atoms with E-state index in [0.717, 1.165) is 12.1 Å². The molecule has 1 aliphatic rings. The Morgan fingerprint density at radius 1 is 1.27 bits per heavy atom. The second-order valence-corrected chi connectivity index (χ2v) is 3.21. The van der Waals surface area contributed by atoms with Crippen LogP contribution in [0.1, 0.15) is 11.1 Å². The molecule has 0 unspecified atom stereocenters. The predicted octanol–water partition coefficient (Wildman–Crippen LogP) is 2.72. The number of alkyl halides is 3. The van der Waals surface area contributed by atoms with Crippen LogP contribution < -0.4 is 5.73 Å². The van der Waals surface area contributed by atoms with Crippen molar-refractivity contribution in [2.45, 2.75) is 6.18 Å². The molecule has 5 heteroatoms. The van der Waals surface area contributed by atoms with Gasteiger partial charge in [0.05, 0.1) is 11.3 Å². The van der Waals surface area contributed by atoms with Crippen LogP contribution in [0.5, 0.6) is 0 Å². The molecule has 0 bridgehead atoms. The first-order valence-corrected chi connectivity index (χ1v) is 4.14. The van der Waals surface area contributed by atoms with E-state index in [9.17, 15) is 13.2 Å². The zero-order chi connectivity index (χ0) is 11.2. The van der Waals surface area contributed by atoms with Crippen molar-refractivity contribution in [2.75, 3.05) is 0 Å². The number of amidine groups is 1. The molecule has 0 spiro atoms. The summed E-state index contributed by atoms with van der Waals surface area (Å²) in [7, 11) is 0. The van der Waals surface area contributed by atoms with Crippen LogP contribution in [0.4, 0.5) is 18.9 Å². The summed E-state index contributed by atoms with van der Waals surface area (Å²) in [6.07, 6.45) is -4.35. The highest BCUT2D eigenvalue weighted by Crippen LogP contribution is 2.37. The van der Waals surface area contributed by atoms with Gasteiger partial charge in [0.15, 0.2) is 0 Å². The third-order valence-corrected chi connectivity index (χ3v) is 2.20. The number of fused-ring (bicyclic) bond motifs is 1. The second-order valence-electron chi connectivity index (χ2n) is 3.21. The molecule has 78 valence electrons. The molecule has 1 heterocycles. The van der Waals surface area contributed by atoms with E-state index in [1.165, 1.54) is 6.07 Å². The molecule has 1 aromatic rings. The smallest absolute Gasteiger partial charge is 0.383 e. The molecule has 0 saturated carbocycles. The molecule has 0 aliphatic carbocycles. The standard InChI is InChI=1S/C10H7F3N2/c1-5-7-4-6(10(11,12)13)2-3-8(7)15-9(5)14/h2-4H,1H2,(H2,14,15). The zero-order valence-electron chi connectivity index (χ0n) is 7.60. The summed E-state index contributed by atoms with van der Waals surface area (Å²) in [5, 5.41) is 0. The monoisotopic (exact) mass is 212 g/mol. The molecule has 0 radical (unpaired) electrons. The molecule has 0 aromatic heterocycles. The van der Waals surface area contributed by atoms with Gasteiger partial charge in [-0.1, -0.05) is 6.58 Å². The Bertz CT molecular complexity index is 472. The van der Waals surface area contributed by atoms with Gasteiger partial charge in [0.25, 0.3) is 0 Å². The van der Waals surface area contributed by atoms with Gasteiger partial charge < -0.3 is 5.73 Å². The highest BCUT2D eigenvalue weighted by atomic mass is 19.4. The predicted molar refractivity (Wildman–Crippen MR) is 51.8 cm³/mol. The number of rotatable bonds is 0. The lowest BCUT2D eigenvalue weighted by Gasteiger charge is -2.08. The Balaban J connectivity index is 2.53. The van der Waals surface area contributed by atoms with Gasteiger partial charge in [-0.15, -0.1) is 0 Å². The fraction of sp³-hybridized carbons (Fsp3) is 0.100. The molecule has 0 saturated heterocycles. The lowest BCUT2D eigenvalue weighted by molar-refractivity contribution is -0.137. The minimum atomic E-state index is -4.35. The van der Waals surface area contributed by atoms with E-state index in [1.54, 1.807) is 0 Å². The lowest BCUT2D eigenvalue weighted by Crippen LogP contribution is -2.09. The Morgan fingerprint density at radius 3 is 2.53 bits per heavy atom. The van der Waals surface area contributed by atoms with Crippen LogP contribution in [0.15, 0.2) is 29.8 Å². The molecule has 0 fully saturated rings. The summed E-state index contributed by atoms with van der Waals surface area (Å²) in [4.78, 5) is 3.88. The van der Waals surface area contributed by atoms with Crippen LogP contribution in [0.2, 0.25) is 0 Å². The first kappa shape index (κ1) is 9.76. The molecule has 1 aromatic carbocycles. The van der Waals surface area contributed by atoms with Crippen molar-refractivity contribution in [1.82, 2.24) is 0 Å². The lowest BCUT2D eigenvalue weighted by atomic mass is 10.0. The molecule has 15 heavy (non-hydrogen) atoms. The minimum absolute atomic E-state index is 0.171. The second kappa shape index (κ2) is 2.85. The molecule has 2 nitrogen and oxygen atoms in total. The number of nitrogens with zero attached hydrogens (tertiary/aromatic N) is 1. The maximum absolute atomic E-state index is 12.4. The van der Waals surface area contributed by atoms with E-state index in [2.05, 4.69) is 11.6 Å². The van der Waals surface area contributed by atoms with Crippen molar-refractivity contribution in [1.29, 1.82) is 0 Å². The first-order valence-electron chi connectivity index (χ1n) is 4.14. The SMILES string of the molecule is C=C1C(N)=Nc2ccc(C(F)(F)F)cc21. The van der Waals surface area contributed by atoms with Gasteiger partial charge >= 0.3 is 6.18 Å². The fourth-order valence-electron chi connectivity index (χ4n) is 1.39. The summed E-state index contributed by atoms with van der Waals surface area (Å²) in [5.41, 5.74) is 5.87. The summed E-state index contributed by atoms with van der Waals surface area (Å²) in [6, 6.07) is 3.29. The molecule has 0 atom stereocenters. The van der Waals surface area contributed by atoms with E-state index in [-0.39, 0.29) is 5.84 Å².